The molecule has 0 aliphatic rings. The molecular weight excluding hydrogens is 546 g/mol. The summed E-state index contributed by atoms with van der Waals surface area (Å²) in [5, 5.41) is 18.8. The van der Waals surface area contributed by atoms with Crippen LogP contribution < -0.4 is 21.7 Å². The molecule has 3 amide bonds. The third kappa shape index (κ3) is 9.35. The Morgan fingerprint density at radius 2 is 1.66 bits per heavy atom. The summed E-state index contributed by atoms with van der Waals surface area (Å²) in [6.07, 6.45) is 7.42. The van der Waals surface area contributed by atoms with Crippen LogP contribution >= 0.6 is 11.8 Å². The monoisotopic (exact) mass is 585 g/mol. The molecule has 222 valence electrons. The first-order valence-electron chi connectivity index (χ1n) is 13.5. The lowest BCUT2D eigenvalue weighted by molar-refractivity contribution is -0.142. The van der Waals surface area contributed by atoms with Crippen molar-refractivity contribution < 1.29 is 24.3 Å². The number of nitrogens with two attached hydrogens (primary N) is 1. The van der Waals surface area contributed by atoms with Crippen LogP contribution in [0.2, 0.25) is 0 Å². The first-order valence-corrected chi connectivity index (χ1v) is 14.9. The number of aliphatic carboxylic acids is 1. The van der Waals surface area contributed by atoms with E-state index in [1.807, 2.05) is 44.4 Å². The van der Waals surface area contributed by atoms with Crippen molar-refractivity contribution in [2.75, 3.05) is 12.0 Å². The molecule has 13 heteroatoms. The van der Waals surface area contributed by atoms with Crippen LogP contribution in [0.1, 0.15) is 37.9 Å². The minimum atomic E-state index is -1.25. The molecule has 0 saturated carbocycles. The lowest BCUT2D eigenvalue weighted by Crippen LogP contribution is -2.58. The van der Waals surface area contributed by atoms with Crippen molar-refractivity contribution in [3.63, 3.8) is 0 Å². The maximum Gasteiger partial charge on any atom is 0.326 e. The van der Waals surface area contributed by atoms with E-state index in [0.29, 0.717) is 24.3 Å². The fraction of sp³-hybridized carbons (Fsp3) is 0.464. The highest BCUT2D eigenvalue weighted by molar-refractivity contribution is 7.98. The van der Waals surface area contributed by atoms with Crippen LogP contribution in [0.4, 0.5) is 0 Å². The highest BCUT2D eigenvalue weighted by Crippen LogP contribution is 2.19. The molecule has 0 aliphatic heterocycles. The van der Waals surface area contributed by atoms with Crippen molar-refractivity contribution in [3.8, 4) is 0 Å². The number of fused-ring (bicyclic) bond motifs is 1. The predicted molar refractivity (Wildman–Crippen MR) is 158 cm³/mol. The van der Waals surface area contributed by atoms with Crippen LogP contribution in [0.3, 0.4) is 0 Å². The average Bonchev–Trinajstić information content (AvgIpc) is 3.59. The van der Waals surface area contributed by atoms with Crippen molar-refractivity contribution in [2.45, 2.75) is 63.7 Å². The van der Waals surface area contributed by atoms with E-state index in [-0.39, 0.29) is 18.8 Å². The van der Waals surface area contributed by atoms with E-state index in [9.17, 15) is 24.3 Å². The number of carbonyl (C=O) groups is 4. The topological polar surface area (TPSA) is 195 Å². The largest absolute Gasteiger partial charge is 0.480 e. The molecule has 0 saturated heterocycles. The first-order chi connectivity index (χ1) is 19.6. The zero-order valence-electron chi connectivity index (χ0n) is 23.5. The summed E-state index contributed by atoms with van der Waals surface area (Å²) in [7, 11) is 0. The van der Waals surface area contributed by atoms with Gasteiger partial charge in [0.1, 0.15) is 18.1 Å². The van der Waals surface area contributed by atoms with Crippen LogP contribution in [0.15, 0.2) is 43.0 Å². The lowest BCUT2D eigenvalue weighted by atomic mass is 10.0. The van der Waals surface area contributed by atoms with Crippen molar-refractivity contribution in [3.05, 3.63) is 54.2 Å². The summed E-state index contributed by atoms with van der Waals surface area (Å²) in [6, 6.07) is 3.40. The van der Waals surface area contributed by atoms with Gasteiger partial charge in [0, 0.05) is 41.8 Å². The highest BCUT2D eigenvalue weighted by Gasteiger charge is 2.31. The van der Waals surface area contributed by atoms with Gasteiger partial charge in [0.2, 0.25) is 17.7 Å². The molecule has 12 nitrogen and oxygen atoms in total. The summed E-state index contributed by atoms with van der Waals surface area (Å²) in [4.78, 5) is 61.7. The minimum Gasteiger partial charge on any atom is -0.480 e. The Hall–Kier alpha value is -3.84. The smallest absolute Gasteiger partial charge is 0.326 e. The van der Waals surface area contributed by atoms with E-state index in [1.165, 1.54) is 24.3 Å². The van der Waals surface area contributed by atoms with Gasteiger partial charge in [-0.15, -0.1) is 0 Å². The number of aromatic nitrogens is 3. The number of imidazole rings is 1. The SMILES string of the molecule is CSCCC(NC(=O)C(N)CC(C)C)C(=O)NC(Cc1cnc[nH]1)C(=O)NC(Cc1c[nH]c2ccccc12)C(=O)O. The predicted octanol–water partition coefficient (Wildman–Crippen LogP) is 1.34. The number of nitrogens with zero attached hydrogens (tertiary/aromatic N) is 1. The summed E-state index contributed by atoms with van der Waals surface area (Å²) in [6.45, 7) is 3.90. The van der Waals surface area contributed by atoms with Gasteiger partial charge in [-0.05, 0) is 42.4 Å². The number of carbonyl (C=O) groups excluding carboxylic acids is 3. The van der Waals surface area contributed by atoms with E-state index in [0.717, 1.165) is 16.5 Å². The molecule has 2 heterocycles. The fourth-order valence-electron chi connectivity index (χ4n) is 4.49. The van der Waals surface area contributed by atoms with Gasteiger partial charge in [-0.1, -0.05) is 32.0 Å². The number of benzene rings is 1. The molecule has 8 N–H and O–H groups in total. The summed E-state index contributed by atoms with van der Waals surface area (Å²) < 4.78 is 0. The van der Waals surface area contributed by atoms with E-state index >= 15 is 0 Å². The Morgan fingerprint density at radius 1 is 0.976 bits per heavy atom. The van der Waals surface area contributed by atoms with Crippen LogP contribution in [0, 0.1) is 5.92 Å². The summed E-state index contributed by atoms with van der Waals surface area (Å²) in [5.41, 5.74) is 8.19. The van der Waals surface area contributed by atoms with Crippen LogP contribution in [0.5, 0.6) is 0 Å². The molecule has 0 bridgehead atoms. The second kappa shape index (κ2) is 15.2. The molecule has 1 aromatic carbocycles. The number of thioether (sulfide) groups is 1. The highest BCUT2D eigenvalue weighted by atomic mass is 32.2. The molecule has 2 aromatic heterocycles. The Balaban J connectivity index is 1.77. The zero-order chi connectivity index (χ0) is 29.9. The number of carboxylic acids is 1. The van der Waals surface area contributed by atoms with Gasteiger partial charge in [-0.25, -0.2) is 9.78 Å². The Morgan fingerprint density at radius 3 is 2.32 bits per heavy atom. The van der Waals surface area contributed by atoms with Crippen molar-refractivity contribution in [1.29, 1.82) is 0 Å². The first kappa shape index (κ1) is 31.7. The maximum absolute atomic E-state index is 13.5. The second-order valence-electron chi connectivity index (χ2n) is 10.4. The number of rotatable bonds is 16. The molecule has 0 spiro atoms. The van der Waals surface area contributed by atoms with Gasteiger partial charge >= 0.3 is 5.97 Å². The van der Waals surface area contributed by atoms with Gasteiger partial charge in [-0.3, -0.25) is 14.4 Å². The number of carboxylic acid groups (broad SMARTS) is 1. The van der Waals surface area contributed by atoms with Gasteiger partial charge in [0.15, 0.2) is 0 Å². The number of H-pyrrole nitrogens is 2. The van der Waals surface area contributed by atoms with E-state index in [4.69, 9.17) is 5.73 Å². The average molecular weight is 586 g/mol. The molecule has 4 unspecified atom stereocenters. The molecule has 3 rings (SSSR count). The number of hydrogen-bond acceptors (Lipinski definition) is 7. The van der Waals surface area contributed by atoms with Crippen molar-refractivity contribution in [1.82, 2.24) is 30.9 Å². The molecule has 0 fully saturated rings. The molecule has 3 aromatic rings. The lowest BCUT2D eigenvalue weighted by Gasteiger charge is -2.25. The number of nitrogens with one attached hydrogen (secondary N) is 5. The quantitative estimate of drug-likeness (QED) is 0.131. The Labute approximate surface area is 243 Å². The molecule has 0 aliphatic carbocycles. The van der Waals surface area contributed by atoms with E-state index in [1.54, 1.807) is 6.20 Å². The molecule has 41 heavy (non-hydrogen) atoms. The zero-order valence-corrected chi connectivity index (χ0v) is 24.3. The standard InChI is InChI=1S/C28H39N7O5S/c1-16(2)10-20(29)25(36)33-22(8-9-41-3)26(37)34-23(12-18-14-30-15-32-18)27(38)35-24(28(39)40)11-17-13-31-21-7-5-4-6-19(17)21/h4-7,13-16,20,22-24,31H,8-12,29H2,1-3H3,(H,30,32)(H,33,36)(H,34,37)(H,35,38)(H,39,40). The number of para-hydroxylation sites is 1. The van der Waals surface area contributed by atoms with Crippen LogP contribution in [-0.4, -0.2) is 79.9 Å². The Bertz CT molecular complexity index is 1310. The van der Waals surface area contributed by atoms with Gasteiger partial charge in [0.05, 0.1) is 12.4 Å². The van der Waals surface area contributed by atoms with Gasteiger partial charge in [-0.2, -0.15) is 11.8 Å². The normalized spacial score (nSPS) is 14.3. The van der Waals surface area contributed by atoms with Crippen LogP contribution in [-0.2, 0) is 32.0 Å². The number of hydrogen-bond donors (Lipinski definition) is 7. The summed E-state index contributed by atoms with van der Waals surface area (Å²) >= 11 is 1.51. The van der Waals surface area contributed by atoms with Gasteiger partial charge < -0.3 is 36.8 Å². The van der Waals surface area contributed by atoms with Gasteiger partial charge in [0.25, 0.3) is 0 Å². The number of aromatic amines is 2. The fourth-order valence-corrected chi connectivity index (χ4v) is 4.96. The minimum absolute atomic E-state index is 0.0348. The second-order valence-corrected chi connectivity index (χ2v) is 11.4. The Kier molecular flexibility index (Phi) is 11.8. The summed E-state index contributed by atoms with van der Waals surface area (Å²) in [5.74, 6) is -2.11. The number of amides is 3. The van der Waals surface area contributed by atoms with Crippen LogP contribution in [0.25, 0.3) is 10.9 Å². The molecular formula is C28H39N7O5S. The molecule has 0 radical (unpaired) electrons. The van der Waals surface area contributed by atoms with Crippen molar-refractivity contribution in [2.24, 2.45) is 11.7 Å². The third-order valence-corrected chi connectivity index (χ3v) is 7.28. The van der Waals surface area contributed by atoms with Crippen molar-refractivity contribution >= 4 is 46.4 Å². The van der Waals surface area contributed by atoms with E-state index < -0.39 is 47.9 Å². The third-order valence-electron chi connectivity index (χ3n) is 6.63. The maximum atomic E-state index is 13.5. The molecule has 4 atom stereocenters. The van der Waals surface area contributed by atoms with E-state index in [2.05, 4.69) is 30.9 Å².